The predicted octanol–water partition coefficient (Wildman–Crippen LogP) is 1.17. The lowest BCUT2D eigenvalue weighted by atomic mass is 10.2. The molecule has 1 amide bonds. The summed E-state index contributed by atoms with van der Waals surface area (Å²) in [7, 11) is 5.07. The number of hydrogen-bond donors (Lipinski definition) is 1. The highest BCUT2D eigenvalue weighted by atomic mass is 16.2. The van der Waals surface area contributed by atoms with Crippen molar-refractivity contribution in [1.82, 2.24) is 18.3 Å². The third-order valence-corrected chi connectivity index (χ3v) is 4.91. The summed E-state index contributed by atoms with van der Waals surface area (Å²) in [5.74, 6) is -0.311. The third-order valence-electron chi connectivity index (χ3n) is 4.91. The van der Waals surface area contributed by atoms with Crippen LogP contribution in [0.15, 0.2) is 52.1 Å². The number of imidazole rings is 2. The third kappa shape index (κ3) is 2.57. The number of nitrogens with one attached hydrogen (secondary N) is 1. The van der Waals surface area contributed by atoms with Crippen molar-refractivity contribution in [3.05, 3.63) is 63.4 Å². The van der Waals surface area contributed by atoms with Gasteiger partial charge in [-0.3, -0.25) is 23.1 Å². The molecule has 2 heterocycles. The molecule has 0 spiro atoms. The number of fused-ring (bicyclic) bond motifs is 2. The van der Waals surface area contributed by atoms with Crippen molar-refractivity contribution in [2.75, 3.05) is 5.32 Å². The van der Waals surface area contributed by atoms with Crippen molar-refractivity contribution in [2.45, 2.75) is 6.54 Å². The first-order valence-corrected chi connectivity index (χ1v) is 8.48. The molecule has 0 aliphatic heterocycles. The molecule has 2 aromatic carbocycles. The number of aryl methyl sites for hydroxylation is 3. The normalized spacial score (nSPS) is 11.4. The summed E-state index contributed by atoms with van der Waals surface area (Å²) in [6.07, 6.45) is 0. The molecular formula is C19H19N5O3. The Balaban J connectivity index is 1.65. The molecule has 0 bridgehead atoms. The zero-order chi connectivity index (χ0) is 19.3. The van der Waals surface area contributed by atoms with E-state index in [0.29, 0.717) is 11.2 Å². The van der Waals surface area contributed by atoms with Crippen LogP contribution in [0.5, 0.6) is 0 Å². The van der Waals surface area contributed by atoms with Gasteiger partial charge in [0.1, 0.15) is 6.54 Å². The molecule has 8 nitrogen and oxygen atoms in total. The van der Waals surface area contributed by atoms with E-state index in [1.165, 1.54) is 13.7 Å². The van der Waals surface area contributed by atoms with Gasteiger partial charge in [-0.05, 0) is 30.3 Å². The molecule has 2 aromatic heterocycles. The Morgan fingerprint density at radius 2 is 1.41 bits per heavy atom. The van der Waals surface area contributed by atoms with Crippen LogP contribution in [0.2, 0.25) is 0 Å². The van der Waals surface area contributed by atoms with Crippen molar-refractivity contribution in [1.29, 1.82) is 0 Å². The molecule has 0 fully saturated rings. The second kappa shape index (κ2) is 6.01. The van der Waals surface area contributed by atoms with Gasteiger partial charge >= 0.3 is 11.4 Å². The molecule has 8 heteroatoms. The second-order valence-electron chi connectivity index (χ2n) is 6.57. The van der Waals surface area contributed by atoms with Crippen LogP contribution < -0.4 is 16.7 Å². The number of carbonyl (C=O) groups is 1. The molecule has 4 rings (SSSR count). The van der Waals surface area contributed by atoms with E-state index in [1.807, 2.05) is 24.3 Å². The molecule has 0 aliphatic rings. The first-order valence-electron chi connectivity index (χ1n) is 8.48. The van der Waals surface area contributed by atoms with E-state index in [1.54, 1.807) is 43.9 Å². The molecule has 27 heavy (non-hydrogen) atoms. The molecule has 4 aromatic rings. The maximum Gasteiger partial charge on any atom is 0.329 e. The predicted molar refractivity (Wildman–Crippen MR) is 104 cm³/mol. The van der Waals surface area contributed by atoms with Gasteiger partial charge in [0.05, 0.1) is 22.1 Å². The van der Waals surface area contributed by atoms with Crippen molar-refractivity contribution >= 4 is 33.7 Å². The quantitative estimate of drug-likeness (QED) is 0.592. The zero-order valence-corrected chi connectivity index (χ0v) is 15.3. The van der Waals surface area contributed by atoms with Crippen LogP contribution in [0.3, 0.4) is 0 Å². The van der Waals surface area contributed by atoms with Crippen LogP contribution in [0.1, 0.15) is 0 Å². The maximum atomic E-state index is 12.5. The highest BCUT2D eigenvalue weighted by molar-refractivity contribution is 5.93. The van der Waals surface area contributed by atoms with Gasteiger partial charge in [0.15, 0.2) is 0 Å². The Kier molecular flexibility index (Phi) is 3.76. The van der Waals surface area contributed by atoms with Crippen molar-refractivity contribution in [2.24, 2.45) is 21.1 Å². The number of nitrogens with zero attached hydrogens (tertiary/aromatic N) is 4. The van der Waals surface area contributed by atoms with Crippen LogP contribution in [-0.2, 0) is 32.5 Å². The number of carbonyl (C=O) groups excluding carboxylic acids is 1. The minimum Gasteiger partial charge on any atom is -0.324 e. The largest absolute Gasteiger partial charge is 0.329 e. The van der Waals surface area contributed by atoms with Gasteiger partial charge in [-0.15, -0.1) is 0 Å². The van der Waals surface area contributed by atoms with E-state index in [-0.39, 0.29) is 23.8 Å². The summed E-state index contributed by atoms with van der Waals surface area (Å²) < 4.78 is 6.05. The van der Waals surface area contributed by atoms with Crippen LogP contribution in [0.4, 0.5) is 5.69 Å². The number of rotatable bonds is 3. The zero-order valence-electron chi connectivity index (χ0n) is 15.3. The Hall–Kier alpha value is -3.55. The highest BCUT2D eigenvalue weighted by Crippen LogP contribution is 2.18. The van der Waals surface area contributed by atoms with Gasteiger partial charge in [-0.1, -0.05) is 12.1 Å². The fourth-order valence-electron chi connectivity index (χ4n) is 3.44. The van der Waals surface area contributed by atoms with Crippen LogP contribution in [-0.4, -0.2) is 24.2 Å². The number of hydrogen-bond acceptors (Lipinski definition) is 3. The maximum absolute atomic E-state index is 12.5. The number of aromatic nitrogens is 4. The Labute approximate surface area is 153 Å². The Morgan fingerprint density at radius 1 is 0.815 bits per heavy atom. The second-order valence-corrected chi connectivity index (χ2v) is 6.57. The monoisotopic (exact) mass is 365 g/mol. The van der Waals surface area contributed by atoms with Gasteiger partial charge < -0.3 is 5.32 Å². The Bertz CT molecular complexity index is 1320. The molecular weight excluding hydrogens is 346 g/mol. The molecule has 0 unspecified atom stereocenters. The van der Waals surface area contributed by atoms with E-state index in [4.69, 9.17) is 0 Å². The number of para-hydroxylation sites is 2. The molecule has 0 saturated heterocycles. The van der Waals surface area contributed by atoms with Crippen molar-refractivity contribution in [3.8, 4) is 0 Å². The Morgan fingerprint density at radius 3 is 2.15 bits per heavy atom. The van der Waals surface area contributed by atoms with Crippen molar-refractivity contribution in [3.63, 3.8) is 0 Å². The number of anilines is 1. The first-order chi connectivity index (χ1) is 12.9. The van der Waals surface area contributed by atoms with E-state index >= 15 is 0 Å². The van der Waals surface area contributed by atoms with Gasteiger partial charge in [-0.2, -0.15) is 0 Å². The van der Waals surface area contributed by atoms with E-state index in [9.17, 15) is 14.4 Å². The lowest BCUT2D eigenvalue weighted by molar-refractivity contribution is -0.116. The summed E-state index contributed by atoms with van der Waals surface area (Å²) in [6.45, 7) is -0.0913. The number of amides is 1. The van der Waals surface area contributed by atoms with Gasteiger partial charge in [-0.25, -0.2) is 9.59 Å². The highest BCUT2D eigenvalue weighted by Gasteiger charge is 2.14. The fraction of sp³-hybridized carbons (Fsp3) is 0.211. The molecule has 0 aliphatic carbocycles. The van der Waals surface area contributed by atoms with Crippen LogP contribution >= 0.6 is 0 Å². The summed E-state index contributed by atoms with van der Waals surface area (Å²) >= 11 is 0. The molecule has 0 saturated carbocycles. The van der Waals surface area contributed by atoms with Gasteiger partial charge in [0.2, 0.25) is 5.91 Å². The molecule has 1 N–H and O–H groups in total. The first kappa shape index (κ1) is 16.9. The lowest BCUT2D eigenvalue weighted by Gasteiger charge is -2.07. The minimum atomic E-state index is -0.311. The standard InChI is InChI=1S/C19H19N5O3/c1-21-14-9-8-12(10-16(14)23(3)18(21)26)20-17(25)11-24-15-7-5-4-6-13(15)22(2)19(24)27/h4-10H,11H2,1-3H3,(H,20,25). The summed E-state index contributed by atoms with van der Waals surface area (Å²) in [5, 5.41) is 2.81. The minimum absolute atomic E-state index is 0.0913. The molecule has 138 valence electrons. The van der Waals surface area contributed by atoms with E-state index in [2.05, 4.69) is 5.32 Å². The smallest absolute Gasteiger partial charge is 0.324 e. The fourth-order valence-corrected chi connectivity index (χ4v) is 3.44. The summed E-state index contributed by atoms with van der Waals surface area (Å²) in [6, 6.07) is 12.6. The van der Waals surface area contributed by atoms with Crippen LogP contribution in [0, 0.1) is 0 Å². The van der Waals surface area contributed by atoms with E-state index in [0.717, 1.165) is 16.6 Å². The van der Waals surface area contributed by atoms with Gasteiger partial charge in [0.25, 0.3) is 0 Å². The van der Waals surface area contributed by atoms with Gasteiger partial charge in [0, 0.05) is 26.8 Å². The molecule has 0 radical (unpaired) electrons. The topological polar surface area (TPSA) is 83.0 Å². The average molecular weight is 365 g/mol. The lowest BCUT2D eigenvalue weighted by Crippen LogP contribution is -2.28. The number of benzene rings is 2. The van der Waals surface area contributed by atoms with E-state index < -0.39 is 0 Å². The summed E-state index contributed by atoms with van der Waals surface area (Å²) in [5.41, 5.74) is 3.19. The summed E-state index contributed by atoms with van der Waals surface area (Å²) in [4.78, 5) is 37.0. The van der Waals surface area contributed by atoms with Crippen molar-refractivity contribution < 1.29 is 4.79 Å². The van der Waals surface area contributed by atoms with Crippen LogP contribution in [0.25, 0.3) is 22.1 Å². The average Bonchev–Trinajstić information content (AvgIpc) is 3.03. The SMILES string of the molecule is Cn1c(=O)n(C)c2cc(NC(=O)Cn3c(=O)n(C)c4ccccc43)ccc21. The molecule has 0 atom stereocenters.